The first-order valence-corrected chi connectivity index (χ1v) is 7.24. The molecule has 1 aromatic heterocycles. The summed E-state index contributed by atoms with van der Waals surface area (Å²) in [7, 11) is -2.87. The van der Waals surface area contributed by atoms with Crippen molar-refractivity contribution in [3.63, 3.8) is 0 Å². The van der Waals surface area contributed by atoms with Crippen LogP contribution in [0.3, 0.4) is 0 Å². The largest absolute Gasteiger partial charge is 0.465 e. The van der Waals surface area contributed by atoms with E-state index in [1.807, 2.05) is 0 Å². The lowest BCUT2D eigenvalue weighted by molar-refractivity contribution is 0.0596. The van der Waals surface area contributed by atoms with Gasteiger partial charge in [0.15, 0.2) is 0 Å². The van der Waals surface area contributed by atoms with Crippen LogP contribution in [-0.4, -0.2) is 26.5 Å². The predicted molar refractivity (Wildman–Crippen MR) is 72.8 cm³/mol. The van der Waals surface area contributed by atoms with Crippen molar-refractivity contribution in [2.24, 2.45) is 0 Å². The summed E-state index contributed by atoms with van der Waals surface area (Å²) >= 11 is 0. The van der Waals surface area contributed by atoms with Crippen LogP contribution in [0, 0.1) is 5.95 Å². The van der Waals surface area contributed by atoms with E-state index in [9.17, 15) is 17.6 Å². The number of benzene rings is 1. The van der Waals surface area contributed by atoms with Gasteiger partial charge in [0.05, 0.1) is 24.6 Å². The molecule has 0 spiro atoms. The first-order chi connectivity index (χ1) is 9.94. The van der Waals surface area contributed by atoms with E-state index in [1.165, 1.54) is 30.3 Å². The minimum atomic E-state index is -4.03. The topological polar surface area (TPSA) is 85.4 Å². The lowest BCUT2D eigenvalue weighted by Crippen LogP contribution is -2.17. The second-order valence-electron chi connectivity index (χ2n) is 3.96. The van der Waals surface area contributed by atoms with Crippen LogP contribution in [0.5, 0.6) is 0 Å². The molecule has 2 rings (SSSR count). The molecular weight excluding hydrogens is 299 g/mol. The van der Waals surface area contributed by atoms with E-state index >= 15 is 0 Å². The number of ether oxygens (including phenoxy) is 1. The number of hydrogen-bond donors (Lipinski definition) is 1. The molecule has 21 heavy (non-hydrogen) atoms. The Morgan fingerprint density at radius 3 is 2.57 bits per heavy atom. The number of hydrogen-bond acceptors (Lipinski definition) is 5. The van der Waals surface area contributed by atoms with Crippen LogP contribution < -0.4 is 4.72 Å². The van der Waals surface area contributed by atoms with Gasteiger partial charge >= 0.3 is 5.97 Å². The second kappa shape index (κ2) is 5.88. The number of methoxy groups -OCH3 is 1. The minimum Gasteiger partial charge on any atom is -0.465 e. The van der Waals surface area contributed by atoms with Gasteiger partial charge in [-0.3, -0.25) is 4.72 Å². The number of aromatic nitrogens is 1. The summed E-state index contributed by atoms with van der Waals surface area (Å²) < 4.78 is 44.0. The summed E-state index contributed by atoms with van der Waals surface area (Å²) in [5.41, 5.74) is -0.0151. The number of carbonyl (C=O) groups excluding carboxylic acids is 1. The Labute approximate surface area is 120 Å². The minimum absolute atomic E-state index is 0.0797. The zero-order chi connectivity index (χ0) is 15.5. The summed E-state index contributed by atoms with van der Waals surface area (Å²) in [4.78, 5) is 14.7. The van der Waals surface area contributed by atoms with Crippen LogP contribution in [0.2, 0.25) is 0 Å². The molecule has 0 aliphatic rings. The number of carbonyl (C=O) groups is 1. The summed E-state index contributed by atoms with van der Waals surface area (Å²) in [5.74, 6) is -1.50. The second-order valence-corrected chi connectivity index (χ2v) is 5.61. The fourth-order valence-electron chi connectivity index (χ4n) is 1.63. The van der Waals surface area contributed by atoms with Crippen molar-refractivity contribution in [3.8, 4) is 0 Å². The van der Waals surface area contributed by atoms with Crippen molar-refractivity contribution < 1.29 is 22.3 Å². The van der Waals surface area contributed by atoms with Crippen LogP contribution in [-0.2, 0) is 14.8 Å². The molecule has 0 fully saturated rings. The molecule has 1 heterocycles. The number of anilines is 1. The van der Waals surface area contributed by atoms with Crippen LogP contribution in [0.25, 0.3) is 0 Å². The first-order valence-electron chi connectivity index (χ1n) is 5.76. The maximum absolute atomic E-state index is 12.7. The average molecular weight is 310 g/mol. The number of halogens is 1. The maximum atomic E-state index is 12.7. The molecule has 0 radical (unpaired) electrons. The molecule has 0 amide bonds. The predicted octanol–water partition coefficient (Wildman–Crippen LogP) is 1.81. The third kappa shape index (κ3) is 3.34. The quantitative estimate of drug-likeness (QED) is 0.687. The van der Waals surface area contributed by atoms with Crippen molar-refractivity contribution in [2.45, 2.75) is 4.90 Å². The molecular formula is C13H11FN2O4S. The summed E-state index contributed by atoms with van der Waals surface area (Å²) in [5, 5.41) is 0. The number of sulfonamides is 1. The van der Waals surface area contributed by atoms with Gasteiger partial charge in [0.25, 0.3) is 10.0 Å². The lowest BCUT2D eigenvalue weighted by Gasteiger charge is -2.10. The molecule has 0 saturated carbocycles. The molecule has 0 bridgehead atoms. The van der Waals surface area contributed by atoms with E-state index < -0.39 is 21.9 Å². The monoisotopic (exact) mass is 310 g/mol. The molecule has 2 aromatic rings. The van der Waals surface area contributed by atoms with Crippen molar-refractivity contribution in [1.82, 2.24) is 4.98 Å². The number of nitrogens with one attached hydrogen (secondary N) is 1. The normalized spacial score (nSPS) is 11.0. The van der Waals surface area contributed by atoms with Gasteiger partial charge in [0.2, 0.25) is 5.95 Å². The molecule has 8 heteroatoms. The van der Waals surface area contributed by atoms with Gasteiger partial charge in [-0.15, -0.1) is 0 Å². The van der Waals surface area contributed by atoms with E-state index in [0.29, 0.717) is 0 Å². The third-order valence-corrected chi connectivity index (χ3v) is 4.00. The SMILES string of the molecule is COC(=O)c1ccccc1S(=O)(=O)Nc1ccc(F)nc1. The molecule has 0 aliphatic heterocycles. The standard InChI is InChI=1S/C13H11FN2O4S/c1-20-13(17)10-4-2-3-5-11(10)21(18,19)16-9-6-7-12(14)15-8-9/h2-8,16H,1H3. The molecule has 1 N–H and O–H groups in total. The van der Waals surface area contributed by atoms with Gasteiger partial charge in [-0.1, -0.05) is 12.1 Å². The maximum Gasteiger partial charge on any atom is 0.339 e. The Morgan fingerprint density at radius 2 is 1.95 bits per heavy atom. The van der Waals surface area contributed by atoms with E-state index in [-0.39, 0.29) is 16.1 Å². The highest BCUT2D eigenvalue weighted by atomic mass is 32.2. The number of nitrogens with zero attached hydrogens (tertiary/aromatic N) is 1. The van der Waals surface area contributed by atoms with Crippen molar-refractivity contribution in [2.75, 3.05) is 11.8 Å². The van der Waals surface area contributed by atoms with E-state index in [1.54, 1.807) is 0 Å². The zero-order valence-corrected chi connectivity index (χ0v) is 11.7. The molecule has 0 unspecified atom stereocenters. The van der Waals surface area contributed by atoms with Gasteiger partial charge in [-0.05, 0) is 24.3 Å². The molecule has 0 saturated heterocycles. The highest BCUT2D eigenvalue weighted by molar-refractivity contribution is 7.92. The Morgan fingerprint density at radius 1 is 1.24 bits per heavy atom. The Hall–Kier alpha value is -2.48. The van der Waals surface area contributed by atoms with Gasteiger partial charge in [0.1, 0.15) is 4.90 Å². The van der Waals surface area contributed by atoms with Crippen molar-refractivity contribution >= 4 is 21.7 Å². The molecule has 0 atom stereocenters. The number of pyridine rings is 1. The fraction of sp³-hybridized carbons (Fsp3) is 0.0769. The third-order valence-electron chi connectivity index (χ3n) is 2.56. The molecule has 1 aromatic carbocycles. The molecule has 0 aliphatic carbocycles. The lowest BCUT2D eigenvalue weighted by atomic mass is 10.2. The molecule has 6 nitrogen and oxygen atoms in total. The van der Waals surface area contributed by atoms with E-state index in [0.717, 1.165) is 19.4 Å². The van der Waals surface area contributed by atoms with Gasteiger partial charge in [0, 0.05) is 0 Å². The van der Waals surface area contributed by atoms with E-state index in [4.69, 9.17) is 0 Å². The van der Waals surface area contributed by atoms with Crippen LogP contribution in [0.1, 0.15) is 10.4 Å². The van der Waals surface area contributed by atoms with Crippen LogP contribution in [0.4, 0.5) is 10.1 Å². The zero-order valence-electron chi connectivity index (χ0n) is 10.9. The van der Waals surface area contributed by atoms with Crippen molar-refractivity contribution in [3.05, 3.63) is 54.1 Å². The van der Waals surface area contributed by atoms with Gasteiger partial charge in [-0.25, -0.2) is 18.2 Å². The van der Waals surface area contributed by atoms with Gasteiger partial charge in [-0.2, -0.15) is 4.39 Å². The van der Waals surface area contributed by atoms with Gasteiger partial charge < -0.3 is 4.74 Å². The smallest absolute Gasteiger partial charge is 0.339 e. The van der Waals surface area contributed by atoms with E-state index in [2.05, 4.69) is 14.4 Å². The average Bonchev–Trinajstić information content (AvgIpc) is 2.48. The Balaban J connectivity index is 2.40. The summed E-state index contributed by atoms with van der Waals surface area (Å²) in [6.45, 7) is 0. The number of esters is 1. The van der Waals surface area contributed by atoms with Crippen LogP contribution >= 0.6 is 0 Å². The Kier molecular flexibility index (Phi) is 4.18. The van der Waals surface area contributed by atoms with Crippen molar-refractivity contribution in [1.29, 1.82) is 0 Å². The fourth-order valence-corrected chi connectivity index (χ4v) is 2.87. The summed E-state index contributed by atoms with van der Waals surface area (Å²) in [6, 6.07) is 7.84. The highest BCUT2D eigenvalue weighted by Gasteiger charge is 2.22. The van der Waals surface area contributed by atoms with Crippen LogP contribution in [0.15, 0.2) is 47.5 Å². The first kappa shape index (κ1) is 14.9. The molecule has 110 valence electrons. The highest BCUT2D eigenvalue weighted by Crippen LogP contribution is 2.20. The number of rotatable bonds is 4. The Bertz CT molecular complexity index is 760. The summed E-state index contributed by atoms with van der Waals surface area (Å²) in [6.07, 6.45) is 1.04.